The van der Waals surface area contributed by atoms with Crippen LogP contribution >= 0.6 is 0 Å². The second-order valence-corrected chi connectivity index (χ2v) is 8.13. The summed E-state index contributed by atoms with van der Waals surface area (Å²) in [5, 5.41) is 14.8. The molecule has 1 atom stereocenters. The molecule has 0 aliphatic carbocycles. The fourth-order valence-corrected chi connectivity index (χ4v) is 3.05. The number of anilines is 2. The van der Waals surface area contributed by atoms with Crippen molar-refractivity contribution >= 4 is 23.4 Å². The fraction of sp³-hybridized carbons (Fsp3) is 0.579. The third-order valence-electron chi connectivity index (χ3n) is 4.10. The Morgan fingerprint density at radius 2 is 1.93 bits per heavy atom. The minimum atomic E-state index is -1.54. The van der Waals surface area contributed by atoms with Crippen LogP contribution in [0.15, 0.2) is 6.07 Å². The molecule has 0 spiro atoms. The molecule has 156 valence electrons. The van der Waals surface area contributed by atoms with Gasteiger partial charge in [-0.3, -0.25) is 0 Å². The number of carboxylic acids is 1. The summed E-state index contributed by atoms with van der Waals surface area (Å²) in [5.74, 6) is -4.17. The van der Waals surface area contributed by atoms with Crippen LogP contribution in [0.2, 0.25) is 0 Å². The van der Waals surface area contributed by atoms with Gasteiger partial charge in [0.2, 0.25) is 0 Å². The molecule has 1 heterocycles. The minimum absolute atomic E-state index is 0.0138. The lowest BCUT2D eigenvalue weighted by Crippen LogP contribution is -2.40. The number of rotatable bonds is 5. The zero-order valence-electron chi connectivity index (χ0n) is 16.7. The zero-order valence-corrected chi connectivity index (χ0v) is 16.7. The molecular weight excluding hydrogens is 372 g/mol. The molecule has 7 nitrogen and oxygen atoms in total. The van der Waals surface area contributed by atoms with Crippen molar-refractivity contribution in [3.05, 3.63) is 23.3 Å². The first-order valence-corrected chi connectivity index (χ1v) is 9.15. The maximum Gasteiger partial charge on any atom is 0.407 e. The Labute approximate surface area is 163 Å². The molecule has 1 fully saturated rings. The summed E-state index contributed by atoms with van der Waals surface area (Å²) in [6.07, 6.45) is -0.0529. The van der Waals surface area contributed by atoms with Gasteiger partial charge in [-0.1, -0.05) is 0 Å². The van der Waals surface area contributed by atoms with E-state index in [4.69, 9.17) is 4.74 Å². The first-order valence-electron chi connectivity index (χ1n) is 9.15. The highest BCUT2D eigenvalue weighted by atomic mass is 19.2. The van der Waals surface area contributed by atoms with Crippen LogP contribution in [0.1, 0.15) is 51.4 Å². The van der Waals surface area contributed by atoms with E-state index < -0.39 is 34.9 Å². The normalized spacial score (nSPS) is 17.0. The summed E-state index contributed by atoms with van der Waals surface area (Å²) in [6, 6.07) is 0.839. The average molecular weight is 399 g/mol. The van der Waals surface area contributed by atoms with E-state index in [9.17, 15) is 23.5 Å². The Kier molecular flexibility index (Phi) is 6.36. The van der Waals surface area contributed by atoms with E-state index in [1.54, 1.807) is 39.5 Å². The maximum atomic E-state index is 14.6. The molecule has 1 unspecified atom stereocenters. The van der Waals surface area contributed by atoms with Gasteiger partial charge in [-0.2, -0.15) is 0 Å². The molecule has 1 aromatic rings. The Balaban J connectivity index is 2.23. The lowest BCUT2D eigenvalue weighted by molar-refractivity contribution is 0.0508. The van der Waals surface area contributed by atoms with Crippen LogP contribution in [-0.2, 0) is 4.74 Å². The number of hydrogen-bond donors (Lipinski definition) is 3. The summed E-state index contributed by atoms with van der Waals surface area (Å²) in [6.45, 7) is 9.41. The predicted octanol–water partition coefficient (Wildman–Crippen LogP) is 3.59. The first kappa shape index (κ1) is 21.7. The second kappa shape index (κ2) is 8.20. The van der Waals surface area contributed by atoms with E-state index >= 15 is 0 Å². The monoisotopic (exact) mass is 399 g/mol. The number of halogens is 2. The molecule has 9 heteroatoms. The quantitative estimate of drug-likeness (QED) is 0.701. The number of aromatic carboxylic acids is 1. The molecule has 2 rings (SSSR count). The van der Waals surface area contributed by atoms with Crippen LogP contribution in [0.5, 0.6) is 0 Å². The topological polar surface area (TPSA) is 90.9 Å². The minimum Gasteiger partial charge on any atom is -0.478 e. The number of carboxylic acid groups (broad SMARTS) is 1. The summed E-state index contributed by atoms with van der Waals surface area (Å²) >= 11 is 0. The van der Waals surface area contributed by atoms with Crippen LogP contribution in [0, 0.1) is 11.6 Å². The largest absolute Gasteiger partial charge is 0.478 e. The lowest BCUT2D eigenvalue weighted by atomic mass is 10.1. The molecule has 1 aromatic carbocycles. The number of carbonyl (C=O) groups excluding carboxylic acids is 1. The van der Waals surface area contributed by atoms with Gasteiger partial charge in [-0.25, -0.2) is 18.4 Å². The van der Waals surface area contributed by atoms with Crippen LogP contribution in [0.4, 0.5) is 25.0 Å². The van der Waals surface area contributed by atoms with E-state index in [0.717, 1.165) is 0 Å². The highest BCUT2D eigenvalue weighted by Gasteiger charge is 2.31. The molecule has 28 heavy (non-hydrogen) atoms. The number of nitrogens with one attached hydrogen (secondary N) is 2. The number of amides is 1. The Morgan fingerprint density at radius 3 is 2.46 bits per heavy atom. The molecule has 1 aliphatic rings. The molecular formula is C19H27F2N3O4. The molecule has 1 amide bonds. The van der Waals surface area contributed by atoms with Gasteiger partial charge in [0.25, 0.3) is 0 Å². The number of hydrogen-bond acceptors (Lipinski definition) is 5. The highest BCUT2D eigenvalue weighted by molar-refractivity contribution is 5.95. The van der Waals surface area contributed by atoms with Crippen molar-refractivity contribution in [2.75, 3.05) is 23.3 Å². The zero-order chi connectivity index (χ0) is 21.2. The van der Waals surface area contributed by atoms with Crippen LogP contribution < -0.4 is 15.5 Å². The number of benzene rings is 1. The van der Waals surface area contributed by atoms with Crippen molar-refractivity contribution in [3.8, 4) is 0 Å². The van der Waals surface area contributed by atoms with Crippen molar-refractivity contribution in [1.82, 2.24) is 5.32 Å². The Bertz CT molecular complexity index is 763. The van der Waals surface area contributed by atoms with E-state index in [2.05, 4.69) is 10.6 Å². The van der Waals surface area contributed by atoms with Gasteiger partial charge in [0.15, 0.2) is 11.6 Å². The van der Waals surface area contributed by atoms with Gasteiger partial charge >= 0.3 is 12.1 Å². The molecule has 0 saturated carbocycles. The number of nitrogens with zero attached hydrogens (tertiary/aromatic N) is 1. The molecule has 1 aliphatic heterocycles. The van der Waals surface area contributed by atoms with Gasteiger partial charge in [-0.05, 0) is 47.1 Å². The van der Waals surface area contributed by atoms with Gasteiger partial charge < -0.3 is 25.4 Å². The third-order valence-corrected chi connectivity index (χ3v) is 4.10. The SMILES string of the molecule is CC(C)Nc1cc(N2CCC(NC(=O)OC(C)(C)C)C2)c(F)c(F)c1C(=O)O. The summed E-state index contributed by atoms with van der Waals surface area (Å²) in [7, 11) is 0. The number of ether oxygens (including phenoxy) is 1. The number of carbonyl (C=O) groups is 2. The lowest BCUT2D eigenvalue weighted by Gasteiger charge is -2.24. The first-order chi connectivity index (χ1) is 12.9. The van der Waals surface area contributed by atoms with Crippen molar-refractivity contribution < 1.29 is 28.2 Å². The second-order valence-electron chi connectivity index (χ2n) is 8.13. The van der Waals surface area contributed by atoms with E-state index in [0.29, 0.717) is 13.0 Å². The molecule has 0 aromatic heterocycles. The highest BCUT2D eigenvalue weighted by Crippen LogP contribution is 2.33. The molecule has 0 bridgehead atoms. The summed E-state index contributed by atoms with van der Waals surface area (Å²) < 4.78 is 34.3. The Morgan fingerprint density at radius 1 is 1.29 bits per heavy atom. The van der Waals surface area contributed by atoms with E-state index in [1.165, 1.54) is 6.07 Å². The van der Waals surface area contributed by atoms with Crippen molar-refractivity contribution in [1.29, 1.82) is 0 Å². The molecule has 3 N–H and O–H groups in total. The average Bonchev–Trinajstić information content (AvgIpc) is 2.95. The maximum absolute atomic E-state index is 14.6. The van der Waals surface area contributed by atoms with E-state index in [1.807, 2.05) is 0 Å². The van der Waals surface area contributed by atoms with Gasteiger partial charge in [0, 0.05) is 19.1 Å². The standard InChI is InChI=1S/C19H27F2N3O4/c1-10(2)22-12-8-13(15(20)16(21)14(12)17(25)26)24-7-6-11(9-24)23-18(27)28-19(3,4)5/h8,10-11,22H,6-7,9H2,1-5H3,(H,23,27)(H,25,26). The van der Waals surface area contributed by atoms with Gasteiger partial charge in [-0.15, -0.1) is 0 Å². The third kappa shape index (κ3) is 5.24. The molecule has 0 radical (unpaired) electrons. The van der Waals surface area contributed by atoms with Crippen LogP contribution in [0.3, 0.4) is 0 Å². The smallest absolute Gasteiger partial charge is 0.407 e. The van der Waals surface area contributed by atoms with Crippen molar-refractivity contribution in [3.63, 3.8) is 0 Å². The van der Waals surface area contributed by atoms with E-state index in [-0.39, 0.29) is 30.0 Å². The van der Waals surface area contributed by atoms with Crippen molar-refractivity contribution in [2.45, 2.75) is 58.7 Å². The van der Waals surface area contributed by atoms with Crippen LogP contribution in [0.25, 0.3) is 0 Å². The van der Waals surface area contributed by atoms with Gasteiger partial charge in [0.1, 0.15) is 11.2 Å². The van der Waals surface area contributed by atoms with Gasteiger partial charge in [0.05, 0.1) is 17.4 Å². The van der Waals surface area contributed by atoms with Crippen LogP contribution in [-0.4, -0.2) is 47.9 Å². The Hall–Kier alpha value is -2.58. The number of alkyl carbamates (subject to hydrolysis) is 1. The summed E-state index contributed by atoms with van der Waals surface area (Å²) in [5.41, 5.74) is -1.39. The molecule has 1 saturated heterocycles. The summed E-state index contributed by atoms with van der Waals surface area (Å²) in [4.78, 5) is 24.9. The predicted molar refractivity (Wildman–Crippen MR) is 102 cm³/mol. The fourth-order valence-electron chi connectivity index (χ4n) is 3.05. The van der Waals surface area contributed by atoms with Crippen molar-refractivity contribution in [2.24, 2.45) is 0 Å².